The van der Waals surface area contributed by atoms with Gasteiger partial charge in [-0.1, -0.05) is 60.1 Å². The lowest BCUT2D eigenvalue weighted by molar-refractivity contribution is 1.47. The summed E-state index contributed by atoms with van der Waals surface area (Å²) in [4.78, 5) is 0. The topological polar surface area (TPSA) is 0 Å². The Hall–Kier alpha value is -1.56. The van der Waals surface area contributed by atoms with Gasteiger partial charge in [-0.3, -0.25) is 0 Å². The van der Waals surface area contributed by atoms with E-state index in [1.165, 1.54) is 0 Å². The van der Waals surface area contributed by atoms with Crippen LogP contribution in [0.1, 0.15) is 8.30 Å². The lowest BCUT2D eigenvalue weighted by Crippen LogP contribution is -1.76. The van der Waals surface area contributed by atoms with Crippen LogP contribution in [0, 0.1) is 6.92 Å². The Balaban J connectivity index is 2.56. The minimum Gasteiger partial charge on any atom is -0.0622 e. The Labute approximate surface area is 81.7 Å². The third-order valence-electron chi connectivity index (χ3n) is 2.00. The lowest BCUT2D eigenvalue weighted by Gasteiger charge is -2.00. The molecule has 0 aliphatic carbocycles. The zero-order valence-electron chi connectivity index (χ0n) is 9.54. The Morgan fingerprint density at radius 2 is 1.38 bits per heavy atom. The van der Waals surface area contributed by atoms with Crippen molar-refractivity contribution in [1.29, 1.82) is 0 Å². The molecule has 0 spiro atoms. The molecule has 0 fully saturated rings. The van der Waals surface area contributed by atoms with Crippen molar-refractivity contribution in [2.24, 2.45) is 0 Å². The molecule has 0 radical (unpaired) electrons. The zero-order chi connectivity index (χ0) is 10.8. The first-order chi connectivity index (χ1) is 7.18. The van der Waals surface area contributed by atoms with Gasteiger partial charge in [0.1, 0.15) is 0 Å². The highest BCUT2D eigenvalue weighted by Gasteiger charge is 1.93. The molecule has 0 N–H and O–H groups in total. The average Bonchev–Trinajstić information content (AvgIpc) is 2.26. The first-order valence-corrected chi connectivity index (χ1v) is 4.32. The largest absolute Gasteiger partial charge is 0.0626 e. The fourth-order valence-corrected chi connectivity index (χ4v) is 1.25. The summed E-state index contributed by atoms with van der Waals surface area (Å²) in [5.74, 6) is 0. The van der Waals surface area contributed by atoms with Crippen LogP contribution in [0.5, 0.6) is 0 Å². The molecule has 2 rings (SSSR count). The highest BCUT2D eigenvalue weighted by Crippen LogP contribution is 2.18. The first-order valence-electron chi connectivity index (χ1n) is 5.32. The van der Waals surface area contributed by atoms with Crippen molar-refractivity contribution in [2.45, 2.75) is 6.92 Å². The van der Waals surface area contributed by atoms with E-state index >= 15 is 0 Å². The molecule has 13 heavy (non-hydrogen) atoms. The van der Waals surface area contributed by atoms with Gasteiger partial charge >= 0.3 is 0 Å². The summed E-state index contributed by atoms with van der Waals surface area (Å²) in [6.07, 6.45) is 0. The van der Waals surface area contributed by atoms with Gasteiger partial charge in [0.05, 0.1) is 2.74 Å². The van der Waals surface area contributed by atoms with Gasteiger partial charge in [0.25, 0.3) is 0 Å². The molecule has 0 saturated heterocycles. The van der Waals surface area contributed by atoms with Gasteiger partial charge in [0.15, 0.2) is 0 Å². The monoisotopic (exact) mass is 170 g/mol. The third-order valence-corrected chi connectivity index (χ3v) is 2.00. The molecule has 0 aliphatic rings. The summed E-state index contributed by atoms with van der Waals surface area (Å²) >= 11 is 0. The van der Waals surface area contributed by atoms with E-state index in [0.717, 1.165) is 16.7 Å². The van der Waals surface area contributed by atoms with E-state index in [4.69, 9.17) is 2.74 Å². The summed E-state index contributed by atoms with van der Waals surface area (Å²) in [6, 6.07) is 14.3. The van der Waals surface area contributed by atoms with Crippen molar-refractivity contribution in [2.75, 3.05) is 0 Å². The second-order valence-corrected chi connectivity index (χ2v) is 3.02. The maximum absolute atomic E-state index is 7.73. The van der Waals surface area contributed by atoms with E-state index < -0.39 is 0 Å². The Bertz CT molecular complexity index is 452. The highest BCUT2D eigenvalue weighted by molar-refractivity contribution is 5.63. The molecule has 2 aromatic rings. The summed E-state index contributed by atoms with van der Waals surface area (Å²) in [6.45, 7) is 1.80. The smallest absolute Gasteiger partial charge is 0.0622 e. The maximum Gasteiger partial charge on any atom is 0.0626 e. The predicted octanol–water partition coefficient (Wildman–Crippen LogP) is 3.66. The quantitative estimate of drug-likeness (QED) is 0.612. The minimum absolute atomic E-state index is 0.432. The molecule has 0 heteroatoms. The molecule has 0 nitrogen and oxygen atoms in total. The molecule has 2 aromatic carbocycles. The van der Waals surface area contributed by atoms with Crippen molar-refractivity contribution in [1.82, 2.24) is 0 Å². The van der Waals surface area contributed by atoms with Crippen LogP contribution in [0.15, 0.2) is 54.5 Å². The second kappa shape index (κ2) is 3.44. The van der Waals surface area contributed by atoms with Crippen molar-refractivity contribution in [3.05, 3.63) is 60.1 Å². The molecule has 0 aliphatic heterocycles. The van der Waals surface area contributed by atoms with Crippen LogP contribution in [0.2, 0.25) is 0 Å². The van der Waals surface area contributed by atoms with Crippen molar-refractivity contribution >= 4 is 0 Å². The van der Waals surface area contributed by atoms with Crippen LogP contribution >= 0.6 is 0 Å². The molecule has 0 amide bonds. The van der Waals surface area contributed by atoms with Crippen molar-refractivity contribution < 1.29 is 2.74 Å². The second-order valence-electron chi connectivity index (χ2n) is 3.02. The summed E-state index contributed by atoms with van der Waals surface area (Å²) in [7, 11) is 0. The van der Waals surface area contributed by atoms with E-state index in [0.29, 0.717) is 12.1 Å². The summed E-state index contributed by atoms with van der Waals surface area (Å²) in [5.41, 5.74) is 2.73. The number of hydrogen-bond donors (Lipinski definition) is 0. The number of rotatable bonds is 1. The number of hydrogen-bond acceptors (Lipinski definition) is 0. The molecule has 0 heterocycles. The Kier molecular flexibility index (Phi) is 1.58. The number of benzene rings is 2. The van der Waals surface area contributed by atoms with Gasteiger partial charge < -0.3 is 0 Å². The van der Waals surface area contributed by atoms with E-state index in [-0.39, 0.29) is 0 Å². The molecular weight excluding hydrogens is 156 g/mol. The van der Waals surface area contributed by atoms with E-state index in [1.807, 2.05) is 42.5 Å². The first kappa shape index (κ1) is 5.98. The molecule has 0 unspecified atom stereocenters. The van der Waals surface area contributed by atoms with Crippen LogP contribution in [0.4, 0.5) is 0 Å². The fraction of sp³-hybridized carbons (Fsp3) is 0.0769. The molecular formula is C13H12. The third kappa shape index (κ3) is 1.78. The standard InChI is InChI=1S/C13H12/c1-11-7-9-13(10-8-11)12-5-3-2-4-6-12/h2-10H,1H3/i7D,8D. The summed E-state index contributed by atoms with van der Waals surface area (Å²) < 4.78 is 15.5. The van der Waals surface area contributed by atoms with Crippen LogP contribution < -0.4 is 0 Å². The summed E-state index contributed by atoms with van der Waals surface area (Å²) in [5, 5.41) is 0. The predicted molar refractivity (Wildman–Crippen MR) is 56.6 cm³/mol. The molecule has 0 bridgehead atoms. The van der Waals surface area contributed by atoms with E-state index in [2.05, 4.69) is 0 Å². The highest BCUT2D eigenvalue weighted by atomic mass is 14.0. The maximum atomic E-state index is 7.73. The normalized spacial score (nSPS) is 12.1. The SMILES string of the molecule is [2H]c1cc(-c2ccccc2)cc([2H])c1C. The molecule has 64 valence electrons. The Morgan fingerprint density at radius 1 is 0.846 bits per heavy atom. The lowest BCUT2D eigenvalue weighted by atomic mass is 10.0. The van der Waals surface area contributed by atoms with Crippen LogP contribution in [0.25, 0.3) is 11.1 Å². The average molecular weight is 170 g/mol. The molecule has 0 saturated carbocycles. The van der Waals surface area contributed by atoms with Crippen molar-refractivity contribution in [3.8, 4) is 11.1 Å². The van der Waals surface area contributed by atoms with Gasteiger partial charge in [-0.2, -0.15) is 0 Å². The van der Waals surface area contributed by atoms with Gasteiger partial charge in [-0.25, -0.2) is 0 Å². The van der Waals surface area contributed by atoms with E-state index in [1.54, 1.807) is 6.92 Å². The minimum atomic E-state index is 0.432. The van der Waals surface area contributed by atoms with Crippen LogP contribution in [0.3, 0.4) is 0 Å². The van der Waals surface area contributed by atoms with Gasteiger partial charge in [0, 0.05) is 0 Å². The van der Waals surface area contributed by atoms with Crippen molar-refractivity contribution in [3.63, 3.8) is 0 Å². The van der Waals surface area contributed by atoms with Gasteiger partial charge in [-0.15, -0.1) is 0 Å². The zero-order valence-corrected chi connectivity index (χ0v) is 7.54. The molecule has 0 aromatic heterocycles. The van der Waals surface area contributed by atoms with E-state index in [9.17, 15) is 0 Å². The van der Waals surface area contributed by atoms with Gasteiger partial charge in [0.2, 0.25) is 0 Å². The van der Waals surface area contributed by atoms with Gasteiger partial charge in [-0.05, 0) is 18.1 Å². The Morgan fingerprint density at radius 3 is 2.00 bits per heavy atom. The van der Waals surface area contributed by atoms with Crippen LogP contribution in [-0.4, -0.2) is 0 Å². The fourth-order valence-electron chi connectivity index (χ4n) is 1.25. The van der Waals surface area contributed by atoms with Crippen LogP contribution in [-0.2, 0) is 0 Å². The molecule has 0 atom stereocenters.